The van der Waals surface area contributed by atoms with Gasteiger partial charge in [-0.15, -0.1) is 0 Å². The first-order chi connectivity index (χ1) is 8.66. The lowest BCUT2D eigenvalue weighted by molar-refractivity contribution is 0.506. The summed E-state index contributed by atoms with van der Waals surface area (Å²) in [5, 5.41) is 1.14. The summed E-state index contributed by atoms with van der Waals surface area (Å²) in [6.07, 6.45) is 2.42. The molecule has 96 valence electrons. The van der Waals surface area contributed by atoms with Crippen molar-refractivity contribution in [1.29, 1.82) is 0 Å². The van der Waals surface area contributed by atoms with Crippen LogP contribution < -0.4 is 0 Å². The minimum Gasteiger partial charge on any atom is -0.331 e. The topological polar surface area (TPSA) is 20.7 Å². The zero-order valence-electron chi connectivity index (χ0n) is 9.58. The van der Waals surface area contributed by atoms with Gasteiger partial charge in [0.15, 0.2) is 4.77 Å². The maximum Gasteiger partial charge on any atom is 0.178 e. The van der Waals surface area contributed by atoms with Gasteiger partial charge in [0.1, 0.15) is 0 Å². The lowest BCUT2D eigenvalue weighted by Gasteiger charge is -2.23. The highest BCUT2D eigenvalue weighted by Gasteiger charge is 2.19. The molecule has 1 unspecified atom stereocenters. The van der Waals surface area contributed by atoms with Crippen molar-refractivity contribution < 1.29 is 0 Å². The molecule has 2 aromatic rings. The monoisotopic (exact) mass is 318 g/mol. The van der Waals surface area contributed by atoms with Crippen LogP contribution in [-0.4, -0.2) is 21.1 Å². The number of nitrogens with zero attached hydrogens (tertiary/aromatic N) is 1. The molecular weight excluding hydrogens is 307 g/mol. The molecule has 0 aliphatic carbocycles. The summed E-state index contributed by atoms with van der Waals surface area (Å²) in [5.74, 6) is 2.36. The Labute approximate surface area is 125 Å². The zero-order valence-corrected chi connectivity index (χ0v) is 12.7. The van der Waals surface area contributed by atoms with Gasteiger partial charge in [0.05, 0.1) is 21.1 Å². The molecule has 1 atom stereocenters. The summed E-state index contributed by atoms with van der Waals surface area (Å²) in [6, 6.07) is 4.22. The van der Waals surface area contributed by atoms with Crippen LogP contribution in [0.4, 0.5) is 0 Å². The standard InChI is InChI=1S/C12H12Cl2N2S2/c13-8-4-10-11(5-9(8)14)16(12(17)15-10)7-2-1-3-18-6-7/h4-5,7H,1-3,6H2,(H,15,17). The van der Waals surface area contributed by atoms with Gasteiger partial charge in [0.25, 0.3) is 0 Å². The summed E-state index contributed by atoms with van der Waals surface area (Å²) in [6.45, 7) is 0. The first-order valence-corrected chi connectivity index (χ1v) is 8.15. The Bertz CT molecular complexity index is 641. The molecule has 0 radical (unpaired) electrons. The van der Waals surface area contributed by atoms with Crippen molar-refractivity contribution >= 4 is 58.2 Å². The summed E-state index contributed by atoms with van der Waals surface area (Å²) in [5.41, 5.74) is 2.02. The number of halogens is 2. The molecule has 1 aromatic carbocycles. The molecule has 0 spiro atoms. The second kappa shape index (κ2) is 5.08. The molecule has 6 heteroatoms. The van der Waals surface area contributed by atoms with Crippen LogP contribution in [0.2, 0.25) is 10.0 Å². The predicted molar refractivity (Wildman–Crippen MR) is 82.7 cm³/mol. The Morgan fingerprint density at radius 1 is 1.33 bits per heavy atom. The van der Waals surface area contributed by atoms with E-state index in [2.05, 4.69) is 9.55 Å². The van der Waals surface area contributed by atoms with Gasteiger partial charge in [-0.3, -0.25) is 0 Å². The smallest absolute Gasteiger partial charge is 0.178 e. The third-order valence-corrected chi connectivity index (χ3v) is 5.48. The van der Waals surface area contributed by atoms with E-state index < -0.39 is 0 Å². The first-order valence-electron chi connectivity index (χ1n) is 5.84. The van der Waals surface area contributed by atoms with Crippen LogP contribution >= 0.6 is 47.2 Å². The van der Waals surface area contributed by atoms with Crippen LogP contribution in [0.25, 0.3) is 11.0 Å². The molecule has 1 aromatic heterocycles. The van der Waals surface area contributed by atoms with Gasteiger partial charge in [-0.05, 0) is 42.9 Å². The number of H-pyrrole nitrogens is 1. The van der Waals surface area contributed by atoms with Crippen molar-refractivity contribution in [3.63, 3.8) is 0 Å². The number of hydrogen-bond acceptors (Lipinski definition) is 2. The van der Waals surface area contributed by atoms with Crippen LogP contribution in [0.5, 0.6) is 0 Å². The number of nitrogens with one attached hydrogen (secondary N) is 1. The number of rotatable bonds is 1. The fourth-order valence-corrected chi connectivity index (χ4v) is 4.21. The van der Waals surface area contributed by atoms with E-state index in [1.165, 1.54) is 18.6 Å². The van der Waals surface area contributed by atoms with Gasteiger partial charge < -0.3 is 9.55 Å². The minimum absolute atomic E-state index is 0.460. The number of aromatic nitrogens is 2. The molecule has 1 fully saturated rings. The normalized spacial score (nSPS) is 20.4. The Balaban J connectivity index is 2.18. The lowest BCUT2D eigenvalue weighted by Crippen LogP contribution is -2.16. The Morgan fingerprint density at radius 2 is 2.11 bits per heavy atom. The van der Waals surface area contributed by atoms with Crippen molar-refractivity contribution in [3.05, 3.63) is 26.9 Å². The maximum atomic E-state index is 6.11. The van der Waals surface area contributed by atoms with Gasteiger partial charge >= 0.3 is 0 Å². The third-order valence-electron chi connectivity index (χ3n) is 3.26. The van der Waals surface area contributed by atoms with E-state index in [9.17, 15) is 0 Å². The van der Waals surface area contributed by atoms with Crippen LogP contribution in [0.3, 0.4) is 0 Å². The number of imidazole rings is 1. The van der Waals surface area contributed by atoms with Crippen LogP contribution in [0.1, 0.15) is 18.9 Å². The maximum absolute atomic E-state index is 6.11. The highest BCUT2D eigenvalue weighted by Crippen LogP contribution is 2.33. The van der Waals surface area contributed by atoms with Crippen molar-refractivity contribution in [2.45, 2.75) is 18.9 Å². The van der Waals surface area contributed by atoms with E-state index in [1.807, 2.05) is 23.9 Å². The Hall–Kier alpha value is -0.160. The molecular formula is C12H12Cl2N2S2. The number of thioether (sulfide) groups is 1. The molecule has 1 N–H and O–H groups in total. The fraction of sp³-hybridized carbons (Fsp3) is 0.417. The van der Waals surface area contributed by atoms with E-state index in [0.29, 0.717) is 16.1 Å². The molecule has 2 nitrogen and oxygen atoms in total. The fourth-order valence-electron chi connectivity index (χ4n) is 2.41. The average Bonchev–Trinajstić information content (AvgIpc) is 2.66. The third kappa shape index (κ3) is 2.20. The largest absolute Gasteiger partial charge is 0.331 e. The van der Waals surface area contributed by atoms with Crippen molar-refractivity contribution in [2.75, 3.05) is 11.5 Å². The zero-order chi connectivity index (χ0) is 12.7. The van der Waals surface area contributed by atoms with Gasteiger partial charge in [-0.1, -0.05) is 23.2 Å². The van der Waals surface area contributed by atoms with E-state index in [1.54, 1.807) is 0 Å². The van der Waals surface area contributed by atoms with Gasteiger partial charge in [-0.2, -0.15) is 11.8 Å². The van der Waals surface area contributed by atoms with Crippen LogP contribution in [-0.2, 0) is 0 Å². The van der Waals surface area contributed by atoms with E-state index in [0.717, 1.165) is 21.6 Å². The van der Waals surface area contributed by atoms with E-state index in [4.69, 9.17) is 35.4 Å². The quantitative estimate of drug-likeness (QED) is 0.740. The second-order valence-corrected chi connectivity index (χ2v) is 6.81. The molecule has 1 aliphatic heterocycles. The van der Waals surface area contributed by atoms with E-state index in [-0.39, 0.29) is 0 Å². The molecule has 2 heterocycles. The molecule has 0 saturated carbocycles. The summed E-state index contributed by atoms with van der Waals surface area (Å²) < 4.78 is 2.95. The number of fused-ring (bicyclic) bond motifs is 1. The number of aromatic amines is 1. The van der Waals surface area contributed by atoms with Crippen LogP contribution in [0, 0.1) is 4.77 Å². The molecule has 0 amide bonds. The second-order valence-electron chi connectivity index (χ2n) is 4.45. The van der Waals surface area contributed by atoms with Crippen molar-refractivity contribution in [2.24, 2.45) is 0 Å². The highest BCUT2D eigenvalue weighted by molar-refractivity contribution is 7.99. The summed E-state index contributed by atoms with van der Waals surface area (Å²) in [4.78, 5) is 3.22. The first kappa shape index (κ1) is 12.9. The minimum atomic E-state index is 0.460. The molecule has 1 saturated heterocycles. The predicted octanol–water partition coefficient (Wildman–Crippen LogP) is 5.07. The Morgan fingerprint density at radius 3 is 2.83 bits per heavy atom. The van der Waals surface area contributed by atoms with Crippen LogP contribution in [0.15, 0.2) is 12.1 Å². The molecule has 1 aliphatic rings. The highest BCUT2D eigenvalue weighted by atomic mass is 35.5. The summed E-state index contributed by atoms with van der Waals surface area (Å²) >= 11 is 19.6. The van der Waals surface area contributed by atoms with Gasteiger partial charge in [-0.25, -0.2) is 0 Å². The molecule has 3 rings (SSSR count). The number of benzene rings is 1. The van der Waals surface area contributed by atoms with Crippen molar-refractivity contribution in [1.82, 2.24) is 9.55 Å². The average molecular weight is 319 g/mol. The van der Waals surface area contributed by atoms with Crippen molar-refractivity contribution in [3.8, 4) is 0 Å². The van der Waals surface area contributed by atoms with E-state index >= 15 is 0 Å². The molecule has 0 bridgehead atoms. The van der Waals surface area contributed by atoms with Gasteiger partial charge in [0, 0.05) is 11.8 Å². The summed E-state index contributed by atoms with van der Waals surface area (Å²) in [7, 11) is 0. The van der Waals surface area contributed by atoms with Gasteiger partial charge in [0.2, 0.25) is 0 Å². The number of hydrogen-bond donors (Lipinski definition) is 1. The lowest BCUT2D eigenvalue weighted by atomic mass is 10.2. The Kier molecular flexibility index (Phi) is 3.63. The SMILES string of the molecule is S=c1[nH]c2cc(Cl)c(Cl)cc2n1C1CCCSC1. The molecule has 18 heavy (non-hydrogen) atoms.